The van der Waals surface area contributed by atoms with Crippen molar-refractivity contribution in [3.05, 3.63) is 66.3 Å². The van der Waals surface area contributed by atoms with E-state index >= 15 is 0 Å². The van der Waals surface area contributed by atoms with Gasteiger partial charge in [0.2, 0.25) is 11.8 Å². The molecule has 3 aliphatic rings. The van der Waals surface area contributed by atoms with Crippen LogP contribution in [0.1, 0.15) is 17.8 Å². The minimum Gasteiger partial charge on any atom is -0.355 e. The highest BCUT2D eigenvalue weighted by molar-refractivity contribution is 14.0. The van der Waals surface area contributed by atoms with E-state index in [9.17, 15) is 9.59 Å². The molecule has 33 heavy (non-hydrogen) atoms. The van der Waals surface area contributed by atoms with Gasteiger partial charge in [-0.3, -0.25) is 19.5 Å². The van der Waals surface area contributed by atoms with Crippen molar-refractivity contribution in [3.63, 3.8) is 0 Å². The molecule has 1 aliphatic heterocycles. The monoisotopic (exact) mass is 560 g/mol. The second kappa shape index (κ2) is 10.1. The Balaban J connectivity index is 0.00000259. The SMILES string of the molecule is CN=C(NCCN1C(=O)C2C3C=CC(C3)C2C1=O)NCc1nccn1Cc1ccccc1.I. The summed E-state index contributed by atoms with van der Waals surface area (Å²) in [5, 5.41) is 6.48. The average Bonchev–Trinajstić information content (AvgIpc) is 3.58. The van der Waals surface area contributed by atoms with E-state index in [2.05, 4.69) is 49.5 Å². The zero-order valence-corrected chi connectivity index (χ0v) is 20.9. The first-order valence-corrected chi connectivity index (χ1v) is 11.2. The topological polar surface area (TPSA) is 91.6 Å². The summed E-state index contributed by atoms with van der Waals surface area (Å²) < 4.78 is 2.10. The Hall–Kier alpha value is -2.69. The number of carbonyl (C=O) groups is 2. The van der Waals surface area contributed by atoms with Crippen LogP contribution in [0.2, 0.25) is 0 Å². The number of likely N-dealkylation sites (tertiary alicyclic amines) is 1. The molecule has 1 saturated heterocycles. The van der Waals surface area contributed by atoms with Crippen LogP contribution >= 0.6 is 24.0 Å². The quantitative estimate of drug-likeness (QED) is 0.178. The van der Waals surface area contributed by atoms with Crippen LogP contribution in [0.5, 0.6) is 0 Å². The molecule has 2 N–H and O–H groups in total. The molecular formula is C24H29IN6O2. The summed E-state index contributed by atoms with van der Waals surface area (Å²) >= 11 is 0. The highest BCUT2D eigenvalue weighted by Crippen LogP contribution is 2.52. The Morgan fingerprint density at radius 2 is 1.79 bits per heavy atom. The second-order valence-electron chi connectivity index (χ2n) is 8.64. The fraction of sp³-hybridized carbons (Fsp3) is 0.417. The number of imide groups is 1. The number of nitrogens with zero attached hydrogens (tertiary/aromatic N) is 4. The van der Waals surface area contributed by atoms with Gasteiger partial charge in [-0.05, 0) is 23.8 Å². The van der Waals surface area contributed by atoms with Crippen molar-refractivity contribution in [2.45, 2.75) is 19.5 Å². The van der Waals surface area contributed by atoms with E-state index in [-0.39, 0.29) is 59.5 Å². The summed E-state index contributed by atoms with van der Waals surface area (Å²) in [5.41, 5.74) is 1.21. The van der Waals surface area contributed by atoms with Gasteiger partial charge in [0.1, 0.15) is 5.82 Å². The van der Waals surface area contributed by atoms with Crippen molar-refractivity contribution < 1.29 is 9.59 Å². The molecule has 4 unspecified atom stereocenters. The number of benzene rings is 1. The van der Waals surface area contributed by atoms with Crippen molar-refractivity contribution in [3.8, 4) is 0 Å². The Bertz CT molecular complexity index is 1040. The molecule has 2 amide bonds. The molecule has 9 heteroatoms. The Labute approximate surface area is 210 Å². The minimum absolute atomic E-state index is 0. The van der Waals surface area contributed by atoms with Crippen molar-refractivity contribution in [2.24, 2.45) is 28.7 Å². The molecular weight excluding hydrogens is 531 g/mol. The molecule has 174 valence electrons. The van der Waals surface area contributed by atoms with Gasteiger partial charge in [0, 0.05) is 39.1 Å². The summed E-state index contributed by atoms with van der Waals surface area (Å²) in [6.45, 7) is 2.08. The maximum absolute atomic E-state index is 12.8. The number of hydrogen-bond donors (Lipinski definition) is 2. The summed E-state index contributed by atoms with van der Waals surface area (Å²) in [6, 6.07) is 10.2. The molecule has 8 nitrogen and oxygen atoms in total. The minimum atomic E-state index is -0.140. The highest BCUT2D eigenvalue weighted by atomic mass is 127. The number of nitrogens with one attached hydrogen (secondary N) is 2. The van der Waals surface area contributed by atoms with Crippen LogP contribution in [-0.2, 0) is 22.7 Å². The lowest BCUT2D eigenvalue weighted by Gasteiger charge is -2.18. The largest absolute Gasteiger partial charge is 0.355 e. The molecule has 1 aromatic heterocycles. The lowest BCUT2D eigenvalue weighted by Crippen LogP contribution is -2.43. The summed E-state index contributed by atoms with van der Waals surface area (Å²) in [6.07, 6.45) is 8.94. The number of hydrogen-bond acceptors (Lipinski definition) is 4. The van der Waals surface area contributed by atoms with Crippen molar-refractivity contribution in [1.29, 1.82) is 0 Å². The fourth-order valence-corrected chi connectivity index (χ4v) is 5.29. The van der Waals surface area contributed by atoms with E-state index < -0.39 is 0 Å². The third-order valence-electron chi connectivity index (χ3n) is 6.82. The molecule has 4 atom stereocenters. The number of allylic oxidation sites excluding steroid dienone is 2. The van der Waals surface area contributed by atoms with Gasteiger partial charge in [-0.1, -0.05) is 42.5 Å². The maximum Gasteiger partial charge on any atom is 0.233 e. The predicted octanol–water partition coefficient (Wildman–Crippen LogP) is 2.02. The third kappa shape index (κ3) is 4.55. The van der Waals surface area contributed by atoms with Gasteiger partial charge in [0.05, 0.1) is 18.4 Å². The smallest absolute Gasteiger partial charge is 0.233 e. The van der Waals surface area contributed by atoms with Gasteiger partial charge in [-0.2, -0.15) is 0 Å². The molecule has 2 aromatic rings. The van der Waals surface area contributed by atoms with Crippen molar-refractivity contribution in [1.82, 2.24) is 25.1 Å². The molecule has 2 fully saturated rings. The maximum atomic E-state index is 12.8. The van der Waals surface area contributed by atoms with E-state index in [1.54, 1.807) is 13.2 Å². The number of fused-ring (bicyclic) bond motifs is 5. The molecule has 0 radical (unpaired) electrons. The van der Waals surface area contributed by atoms with Crippen LogP contribution < -0.4 is 10.6 Å². The number of rotatable bonds is 7. The van der Waals surface area contributed by atoms with Crippen LogP contribution in [0.3, 0.4) is 0 Å². The van der Waals surface area contributed by atoms with Gasteiger partial charge < -0.3 is 15.2 Å². The molecule has 1 saturated carbocycles. The molecule has 5 rings (SSSR count). The number of halogens is 1. The van der Waals surface area contributed by atoms with Crippen LogP contribution in [0.4, 0.5) is 0 Å². The Morgan fingerprint density at radius 1 is 1.09 bits per heavy atom. The summed E-state index contributed by atoms with van der Waals surface area (Å²) in [5.74, 6) is 1.70. The van der Waals surface area contributed by atoms with E-state index in [4.69, 9.17) is 0 Å². The first-order valence-electron chi connectivity index (χ1n) is 11.2. The molecule has 0 spiro atoms. The predicted molar refractivity (Wildman–Crippen MR) is 136 cm³/mol. The number of carbonyl (C=O) groups excluding carboxylic acids is 2. The zero-order valence-electron chi connectivity index (χ0n) is 18.6. The van der Waals surface area contributed by atoms with Crippen molar-refractivity contribution >= 4 is 41.8 Å². The number of aromatic nitrogens is 2. The normalized spacial score (nSPS) is 25.4. The van der Waals surface area contributed by atoms with E-state index in [0.717, 1.165) is 18.8 Å². The van der Waals surface area contributed by atoms with Crippen molar-refractivity contribution in [2.75, 3.05) is 20.1 Å². The summed E-state index contributed by atoms with van der Waals surface area (Å²) in [7, 11) is 1.70. The number of amides is 2. The van der Waals surface area contributed by atoms with E-state index in [1.807, 2.05) is 24.4 Å². The Kier molecular flexibility index (Phi) is 7.16. The number of imidazole rings is 1. The Morgan fingerprint density at radius 3 is 2.45 bits per heavy atom. The average molecular weight is 560 g/mol. The van der Waals surface area contributed by atoms with E-state index in [0.29, 0.717) is 25.6 Å². The zero-order chi connectivity index (χ0) is 22.1. The highest BCUT2D eigenvalue weighted by Gasteiger charge is 2.58. The lowest BCUT2D eigenvalue weighted by atomic mass is 9.85. The van der Waals surface area contributed by atoms with Crippen LogP contribution in [-0.4, -0.2) is 52.4 Å². The lowest BCUT2D eigenvalue weighted by molar-refractivity contribution is -0.140. The summed E-state index contributed by atoms with van der Waals surface area (Å²) in [4.78, 5) is 35.7. The van der Waals surface area contributed by atoms with Gasteiger partial charge >= 0.3 is 0 Å². The molecule has 2 bridgehead atoms. The van der Waals surface area contributed by atoms with Crippen LogP contribution in [0, 0.1) is 23.7 Å². The van der Waals surface area contributed by atoms with Gasteiger partial charge in [0.15, 0.2) is 5.96 Å². The molecule has 2 aliphatic carbocycles. The van der Waals surface area contributed by atoms with E-state index in [1.165, 1.54) is 10.5 Å². The molecule has 2 heterocycles. The van der Waals surface area contributed by atoms with Crippen LogP contribution in [0.25, 0.3) is 0 Å². The first kappa shape index (κ1) is 23.5. The van der Waals surface area contributed by atoms with Gasteiger partial charge in [0.25, 0.3) is 0 Å². The standard InChI is InChI=1S/C24H28N6O2.HI/c1-25-24(28-14-19-26-9-11-29(19)15-16-5-3-2-4-6-16)27-10-12-30-22(31)20-17-7-8-18(13-17)21(20)23(30)32;/h2-9,11,17-18,20-21H,10,12-15H2,1H3,(H2,25,27,28);1H. The van der Waals surface area contributed by atoms with Gasteiger partial charge in [-0.25, -0.2) is 4.98 Å². The third-order valence-corrected chi connectivity index (χ3v) is 6.82. The first-order chi connectivity index (χ1) is 15.7. The van der Waals surface area contributed by atoms with Gasteiger partial charge in [-0.15, -0.1) is 24.0 Å². The number of aliphatic imine (C=N–C) groups is 1. The number of guanidine groups is 1. The fourth-order valence-electron chi connectivity index (χ4n) is 5.29. The molecule has 1 aromatic carbocycles. The second-order valence-corrected chi connectivity index (χ2v) is 8.64. The van der Waals surface area contributed by atoms with Crippen LogP contribution in [0.15, 0.2) is 59.9 Å².